The minimum Gasteiger partial charge on any atom is -0.362 e. The zero-order valence-corrected chi connectivity index (χ0v) is 10.9. The van der Waals surface area contributed by atoms with Gasteiger partial charge >= 0.3 is 0 Å². The van der Waals surface area contributed by atoms with E-state index in [1.54, 1.807) is 11.3 Å². The van der Waals surface area contributed by atoms with Crippen molar-refractivity contribution in [3.05, 3.63) is 32.1 Å². The Labute approximate surface area is 101 Å². The fourth-order valence-corrected chi connectivity index (χ4v) is 2.81. The topological polar surface area (TPSA) is 38.1 Å². The van der Waals surface area contributed by atoms with Crippen LogP contribution in [0.3, 0.4) is 0 Å². The maximum absolute atomic E-state index is 4.96. The Bertz CT molecular complexity index is 444. The number of thiophene rings is 1. The summed E-state index contributed by atoms with van der Waals surface area (Å²) >= 11 is 5.24. The Morgan fingerprint density at radius 1 is 1.47 bits per heavy atom. The standard InChI is InChI=1S/C10H11BrN2OS/c1-6-3-8(15-10(6)11)5-12-9-4-7(2)14-13-9/h3-4H,5H2,1-2H3,(H,12,13). The highest BCUT2D eigenvalue weighted by molar-refractivity contribution is 9.11. The molecule has 0 aliphatic rings. The molecule has 5 heteroatoms. The van der Waals surface area contributed by atoms with Crippen molar-refractivity contribution >= 4 is 33.1 Å². The van der Waals surface area contributed by atoms with Crippen LogP contribution in [0.5, 0.6) is 0 Å². The molecule has 0 aromatic carbocycles. The molecule has 1 N–H and O–H groups in total. The van der Waals surface area contributed by atoms with Gasteiger partial charge in [-0.2, -0.15) is 0 Å². The first-order valence-corrected chi connectivity index (χ1v) is 6.18. The number of hydrogen-bond donors (Lipinski definition) is 1. The second-order valence-corrected chi connectivity index (χ2v) is 5.80. The van der Waals surface area contributed by atoms with Gasteiger partial charge in [0.05, 0.1) is 10.3 Å². The van der Waals surface area contributed by atoms with Gasteiger partial charge in [-0.3, -0.25) is 0 Å². The van der Waals surface area contributed by atoms with Gasteiger partial charge in [0.2, 0.25) is 0 Å². The van der Waals surface area contributed by atoms with Gasteiger partial charge in [0.15, 0.2) is 5.82 Å². The Kier molecular flexibility index (Phi) is 3.11. The quantitative estimate of drug-likeness (QED) is 0.934. The smallest absolute Gasteiger partial charge is 0.169 e. The molecule has 0 aliphatic heterocycles. The van der Waals surface area contributed by atoms with E-state index in [2.05, 4.69) is 39.4 Å². The number of anilines is 1. The van der Waals surface area contributed by atoms with E-state index in [0.29, 0.717) is 0 Å². The third-order valence-electron chi connectivity index (χ3n) is 1.98. The molecule has 15 heavy (non-hydrogen) atoms. The van der Waals surface area contributed by atoms with Gasteiger partial charge in [-0.1, -0.05) is 5.16 Å². The van der Waals surface area contributed by atoms with Crippen molar-refractivity contribution in [2.75, 3.05) is 5.32 Å². The van der Waals surface area contributed by atoms with Crippen molar-refractivity contribution < 1.29 is 4.52 Å². The first-order valence-electron chi connectivity index (χ1n) is 4.57. The second-order valence-electron chi connectivity index (χ2n) is 3.35. The van der Waals surface area contributed by atoms with Crippen LogP contribution in [0.1, 0.15) is 16.2 Å². The first-order chi connectivity index (χ1) is 7.15. The summed E-state index contributed by atoms with van der Waals surface area (Å²) in [6.45, 7) is 4.75. The molecular formula is C10H11BrN2OS. The molecule has 2 rings (SSSR count). The first kappa shape index (κ1) is 10.7. The van der Waals surface area contributed by atoms with Gasteiger partial charge in [0, 0.05) is 10.9 Å². The molecule has 0 radical (unpaired) electrons. The van der Waals surface area contributed by atoms with Crippen molar-refractivity contribution in [3.63, 3.8) is 0 Å². The summed E-state index contributed by atoms with van der Waals surface area (Å²) in [4.78, 5) is 1.28. The van der Waals surface area contributed by atoms with Gasteiger partial charge in [-0.15, -0.1) is 11.3 Å². The lowest BCUT2D eigenvalue weighted by atomic mass is 10.3. The zero-order chi connectivity index (χ0) is 10.8. The number of halogens is 1. The summed E-state index contributed by atoms with van der Waals surface area (Å²) in [5, 5.41) is 7.07. The number of aromatic nitrogens is 1. The van der Waals surface area contributed by atoms with Gasteiger partial charge < -0.3 is 9.84 Å². The maximum Gasteiger partial charge on any atom is 0.169 e. The molecule has 0 amide bonds. The summed E-state index contributed by atoms with van der Waals surface area (Å²) in [5.41, 5.74) is 1.27. The van der Waals surface area contributed by atoms with Gasteiger partial charge in [0.1, 0.15) is 5.76 Å². The van der Waals surface area contributed by atoms with E-state index < -0.39 is 0 Å². The Morgan fingerprint density at radius 3 is 2.80 bits per heavy atom. The highest BCUT2D eigenvalue weighted by Gasteiger charge is 2.04. The molecule has 0 bridgehead atoms. The van der Waals surface area contributed by atoms with Crippen molar-refractivity contribution in [2.24, 2.45) is 0 Å². The number of hydrogen-bond acceptors (Lipinski definition) is 4. The molecule has 80 valence electrons. The average molecular weight is 287 g/mol. The van der Waals surface area contributed by atoms with Crippen LogP contribution in [0.4, 0.5) is 5.82 Å². The van der Waals surface area contributed by atoms with E-state index in [1.807, 2.05) is 13.0 Å². The predicted octanol–water partition coefficient (Wildman–Crippen LogP) is 3.73. The van der Waals surface area contributed by atoms with Crippen LogP contribution in [0.2, 0.25) is 0 Å². The Balaban J connectivity index is 1.99. The number of aryl methyl sites for hydroxylation is 2. The SMILES string of the molecule is Cc1cc(NCc2cc(C)c(Br)s2)no1. The lowest BCUT2D eigenvalue weighted by Gasteiger charge is -1.97. The molecule has 0 aliphatic carbocycles. The number of rotatable bonds is 3. The van der Waals surface area contributed by atoms with Crippen LogP contribution in [0, 0.1) is 13.8 Å². The van der Waals surface area contributed by atoms with E-state index in [-0.39, 0.29) is 0 Å². The Hall–Kier alpha value is -0.810. The average Bonchev–Trinajstić information content (AvgIpc) is 2.72. The Morgan fingerprint density at radius 2 is 2.27 bits per heavy atom. The maximum atomic E-state index is 4.96. The minimum atomic E-state index is 0.781. The van der Waals surface area contributed by atoms with Crippen molar-refractivity contribution in [1.29, 1.82) is 0 Å². The van der Waals surface area contributed by atoms with Gasteiger partial charge in [0.25, 0.3) is 0 Å². The number of nitrogens with zero attached hydrogens (tertiary/aromatic N) is 1. The molecule has 2 aromatic rings. The predicted molar refractivity (Wildman–Crippen MR) is 65.3 cm³/mol. The van der Waals surface area contributed by atoms with Crippen molar-refractivity contribution in [1.82, 2.24) is 5.16 Å². The van der Waals surface area contributed by atoms with E-state index in [4.69, 9.17) is 4.52 Å². The summed E-state index contributed by atoms with van der Waals surface area (Å²) < 4.78 is 6.15. The highest BCUT2D eigenvalue weighted by Crippen LogP contribution is 2.27. The molecule has 0 atom stereocenters. The van der Waals surface area contributed by atoms with E-state index in [0.717, 1.165) is 18.1 Å². The molecule has 2 heterocycles. The summed E-state index contributed by atoms with van der Waals surface area (Å²) in [5.74, 6) is 1.61. The molecule has 0 spiro atoms. The van der Waals surface area contributed by atoms with Crippen LogP contribution in [0.25, 0.3) is 0 Å². The summed E-state index contributed by atoms with van der Waals surface area (Å²) in [7, 11) is 0. The monoisotopic (exact) mass is 286 g/mol. The lowest BCUT2D eigenvalue weighted by Crippen LogP contribution is -1.96. The second kappa shape index (κ2) is 4.37. The van der Waals surface area contributed by atoms with Crippen molar-refractivity contribution in [3.8, 4) is 0 Å². The van der Waals surface area contributed by atoms with Crippen LogP contribution in [-0.4, -0.2) is 5.16 Å². The van der Waals surface area contributed by atoms with Crippen LogP contribution >= 0.6 is 27.3 Å². The van der Waals surface area contributed by atoms with Crippen LogP contribution in [0.15, 0.2) is 20.4 Å². The summed E-state index contributed by atoms with van der Waals surface area (Å²) in [6, 6.07) is 4.05. The summed E-state index contributed by atoms with van der Waals surface area (Å²) in [6.07, 6.45) is 0. The third kappa shape index (κ3) is 2.60. The van der Waals surface area contributed by atoms with Crippen LogP contribution in [-0.2, 0) is 6.54 Å². The van der Waals surface area contributed by atoms with E-state index in [1.165, 1.54) is 14.2 Å². The zero-order valence-electron chi connectivity index (χ0n) is 8.50. The van der Waals surface area contributed by atoms with Gasteiger partial charge in [-0.25, -0.2) is 0 Å². The normalized spacial score (nSPS) is 10.6. The van der Waals surface area contributed by atoms with Crippen molar-refractivity contribution in [2.45, 2.75) is 20.4 Å². The molecule has 0 fully saturated rings. The van der Waals surface area contributed by atoms with E-state index >= 15 is 0 Å². The molecule has 3 nitrogen and oxygen atoms in total. The molecule has 0 saturated carbocycles. The molecular weight excluding hydrogens is 276 g/mol. The lowest BCUT2D eigenvalue weighted by molar-refractivity contribution is 0.399. The molecule has 0 saturated heterocycles. The van der Waals surface area contributed by atoms with Gasteiger partial charge in [-0.05, 0) is 41.4 Å². The molecule has 2 aromatic heterocycles. The third-order valence-corrected chi connectivity index (χ3v) is 4.12. The highest BCUT2D eigenvalue weighted by atomic mass is 79.9. The van der Waals surface area contributed by atoms with E-state index in [9.17, 15) is 0 Å². The minimum absolute atomic E-state index is 0.781. The number of nitrogens with one attached hydrogen (secondary N) is 1. The largest absolute Gasteiger partial charge is 0.362 e. The molecule has 0 unspecified atom stereocenters. The van der Waals surface area contributed by atoms with Crippen LogP contribution < -0.4 is 5.32 Å². The fourth-order valence-electron chi connectivity index (χ4n) is 1.24. The fraction of sp³-hybridized carbons (Fsp3) is 0.300.